The Morgan fingerprint density at radius 1 is 0.556 bits per heavy atom. The van der Waals surface area contributed by atoms with Gasteiger partial charge in [-0.15, -0.1) is 0 Å². The highest BCUT2D eigenvalue weighted by molar-refractivity contribution is 5.43. The van der Waals surface area contributed by atoms with Crippen LogP contribution in [0.4, 0.5) is 11.4 Å². The molecule has 2 aromatic carbocycles. The second-order valence-corrected chi connectivity index (χ2v) is 3.66. The molecular formula is C16H26N2. The molecule has 4 N–H and O–H groups in total. The van der Waals surface area contributed by atoms with E-state index in [1.807, 2.05) is 48.5 Å². The lowest BCUT2D eigenvalue weighted by atomic mass is 10.0. The Hall–Kier alpha value is -1.96. The molecule has 0 unspecified atom stereocenters. The van der Waals surface area contributed by atoms with E-state index >= 15 is 0 Å². The third-order valence-corrected chi connectivity index (χ3v) is 2.37. The summed E-state index contributed by atoms with van der Waals surface area (Å²) in [6.07, 6.45) is 0.917. The lowest BCUT2D eigenvalue weighted by Gasteiger charge is -2.02. The molecule has 2 heteroatoms. The number of hydrogen-bond donors (Lipinski definition) is 2. The van der Waals surface area contributed by atoms with E-state index in [0.717, 1.165) is 17.8 Å². The minimum absolute atomic E-state index is 0. The Balaban J connectivity index is 0. The number of nitrogen functional groups attached to an aromatic ring is 2. The summed E-state index contributed by atoms with van der Waals surface area (Å²) in [6.45, 7) is 0. The van der Waals surface area contributed by atoms with Crippen molar-refractivity contribution in [1.29, 1.82) is 0 Å². The van der Waals surface area contributed by atoms with Gasteiger partial charge in [0.15, 0.2) is 0 Å². The third kappa shape index (κ3) is 4.91. The Morgan fingerprint density at radius 2 is 0.833 bits per heavy atom. The van der Waals surface area contributed by atoms with Crippen molar-refractivity contribution < 1.29 is 0 Å². The Labute approximate surface area is 112 Å². The largest absolute Gasteiger partial charge is 0.399 e. The number of nitrogens with two attached hydrogens (primary N) is 2. The first kappa shape index (κ1) is 18.4. The highest BCUT2D eigenvalue weighted by Gasteiger charge is 1.95. The fourth-order valence-corrected chi connectivity index (χ4v) is 1.51. The summed E-state index contributed by atoms with van der Waals surface area (Å²) in [6, 6.07) is 15.9. The Kier molecular flexibility index (Phi) is 8.36. The molecule has 0 saturated heterocycles. The summed E-state index contributed by atoms with van der Waals surface area (Å²) in [4.78, 5) is 0. The maximum absolute atomic E-state index is 5.62. The van der Waals surface area contributed by atoms with Crippen LogP contribution >= 0.6 is 0 Å². The van der Waals surface area contributed by atoms with Crippen LogP contribution in [0.1, 0.15) is 33.4 Å². The third-order valence-electron chi connectivity index (χ3n) is 2.37. The van der Waals surface area contributed by atoms with E-state index in [4.69, 9.17) is 11.5 Å². The molecule has 0 saturated carbocycles. The van der Waals surface area contributed by atoms with Crippen LogP contribution in [0.5, 0.6) is 0 Å². The molecule has 0 fully saturated rings. The Bertz CT molecular complexity index is 386. The fourth-order valence-electron chi connectivity index (χ4n) is 1.51. The zero-order chi connectivity index (χ0) is 10.7. The van der Waals surface area contributed by atoms with E-state index < -0.39 is 0 Å². The van der Waals surface area contributed by atoms with E-state index in [1.165, 1.54) is 11.1 Å². The van der Waals surface area contributed by atoms with Gasteiger partial charge in [0.1, 0.15) is 0 Å². The van der Waals surface area contributed by atoms with Crippen molar-refractivity contribution in [2.45, 2.75) is 28.7 Å². The van der Waals surface area contributed by atoms with Crippen molar-refractivity contribution >= 4 is 11.4 Å². The lowest BCUT2D eigenvalue weighted by molar-refractivity contribution is 1.19. The van der Waals surface area contributed by atoms with Gasteiger partial charge in [-0.05, 0) is 41.8 Å². The van der Waals surface area contributed by atoms with Gasteiger partial charge in [-0.3, -0.25) is 0 Å². The number of benzene rings is 2. The molecule has 0 spiro atoms. The number of anilines is 2. The minimum atomic E-state index is 0. The quantitative estimate of drug-likeness (QED) is 0.774. The summed E-state index contributed by atoms with van der Waals surface area (Å²) >= 11 is 0. The van der Waals surface area contributed by atoms with Gasteiger partial charge in [0.2, 0.25) is 0 Å². The highest BCUT2D eigenvalue weighted by Crippen LogP contribution is 2.13. The summed E-state index contributed by atoms with van der Waals surface area (Å²) in [5.74, 6) is 0. The predicted octanol–water partition coefficient (Wildman–Crippen LogP) is 4.35. The van der Waals surface area contributed by atoms with E-state index in [2.05, 4.69) is 0 Å². The molecular weight excluding hydrogens is 220 g/mol. The molecule has 0 amide bonds. The van der Waals surface area contributed by atoms with Crippen LogP contribution in [-0.2, 0) is 6.42 Å². The molecule has 0 aliphatic rings. The lowest BCUT2D eigenvalue weighted by Crippen LogP contribution is -1.90. The van der Waals surface area contributed by atoms with Crippen molar-refractivity contribution in [3.05, 3.63) is 59.7 Å². The molecule has 18 heavy (non-hydrogen) atoms. The van der Waals surface area contributed by atoms with Crippen molar-refractivity contribution in [3.8, 4) is 0 Å². The predicted molar refractivity (Wildman–Crippen MR) is 84.7 cm³/mol. The zero-order valence-corrected chi connectivity index (χ0v) is 8.48. The van der Waals surface area contributed by atoms with Crippen molar-refractivity contribution in [2.24, 2.45) is 0 Å². The first-order valence-corrected chi connectivity index (χ1v) is 4.93. The molecule has 0 bridgehead atoms. The molecule has 100 valence electrons. The number of rotatable bonds is 2. The van der Waals surface area contributed by atoms with Crippen LogP contribution in [0.3, 0.4) is 0 Å². The standard InChI is InChI=1S/C13H14N2.3CH4/c14-12-5-1-10(2-6-12)9-11-3-7-13(15)8-4-11;;;/h1-8H,9,14-15H2;3*1H4. The summed E-state index contributed by atoms with van der Waals surface area (Å²) < 4.78 is 0. The van der Waals surface area contributed by atoms with E-state index in [1.54, 1.807) is 0 Å². The fraction of sp³-hybridized carbons (Fsp3) is 0.250. The second kappa shape index (κ2) is 8.18. The van der Waals surface area contributed by atoms with Gasteiger partial charge in [0.25, 0.3) is 0 Å². The first-order valence-electron chi connectivity index (χ1n) is 4.93. The smallest absolute Gasteiger partial charge is 0.0314 e. The van der Waals surface area contributed by atoms with E-state index in [0.29, 0.717) is 0 Å². The van der Waals surface area contributed by atoms with Crippen molar-refractivity contribution in [1.82, 2.24) is 0 Å². The zero-order valence-electron chi connectivity index (χ0n) is 8.48. The molecule has 0 heterocycles. The van der Waals surface area contributed by atoms with Crippen molar-refractivity contribution in [2.75, 3.05) is 11.5 Å². The van der Waals surface area contributed by atoms with Crippen LogP contribution in [-0.4, -0.2) is 0 Å². The monoisotopic (exact) mass is 246 g/mol. The summed E-state index contributed by atoms with van der Waals surface area (Å²) in [5.41, 5.74) is 15.4. The maximum atomic E-state index is 5.62. The van der Waals surface area contributed by atoms with Gasteiger partial charge >= 0.3 is 0 Å². The van der Waals surface area contributed by atoms with Gasteiger partial charge < -0.3 is 11.5 Å². The van der Waals surface area contributed by atoms with E-state index in [9.17, 15) is 0 Å². The van der Waals surface area contributed by atoms with Gasteiger partial charge in [0.05, 0.1) is 0 Å². The minimum Gasteiger partial charge on any atom is -0.399 e. The van der Waals surface area contributed by atoms with Crippen LogP contribution < -0.4 is 11.5 Å². The normalized spacial score (nSPS) is 8.44. The molecule has 0 atom stereocenters. The van der Waals surface area contributed by atoms with E-state index in [-0.39, 0.29) is 22.3 Å². The maximum Gasteiger partial charge on any atom is 0.0314 e. The topological polar surface area (TPSA) is 52.0 Å². The van der Waals surface area contributed by atoms with Gasteiger partial charge in [-0.25, -0.2) is 0 Å². The molecule has 0 aliphatic heterocycles. The van der Waals surface area contributed by atoms with Crippen LogP contribution in [0.15, 0.2) is 48.5 Å². The SMILES string of the molecule is C.C.C.Nc1ccc(Cc2ccc(N)cc2)cc1. The highest BCUT2D eigenvalue weighted by atomic mass is 14.5. The van der Waals surface area contributed by atoms with Gasteiger partial charge in [0, 0.05) is 11.4 Å². The Morgan fingerprint density at radius 3 is 1.11 bits per heavy atom. The summed E-state index contributed by atoms with van der Waals surface area (Å²) in [7, 11) is 0. The first-order chi connectivity index (χ1) is 7.24. The molecule has 2 nitrogen and oxygen atoms in total. The van der Waals surface area contributed by atoms with Crippen LogP contribution in [0.2, 0.25) is 0 Å². The molecule has 2 rings (SSSR count). The van der Waals surface area contributed by atoms with Gasteiger partial charge in [-0.1, -0.05) is 46.5 Å². The van der Waals surface area contributed by atoms with Crippen molar-refractivity contribution in [3.63, 3.8) is 0 Å². The molecule has 0 aromatic heterocycles. The average Bonchev–Trinajstić information content (AvgIpc) is 2.25. The number of hydrogen-bond acceptors (Lipinski definition) is 2. The molecule has 0 aliphatic carbocycles. The van der Waals surface area contributed by atoms with Crippen LogP contribution in [0, 0.1) is 0 Å². The summed E-state index contributed by atoms with van der Waals surface area (Å²) in [5, 5.41) is 0. The second-order valence-electron chi connectivity index (χ2n) is 3.66. The molecule has 0 radical (unpaired) electrons. The van der Waals surface area contributed by atoms with Crippen LogP contribution in [0.25, 0.3) is 0 Å². The molecule has 2 aromatic rings. The average molecular weight is 246 g/mol. The van der Waals surface area contributed by atoms with Gasteiger partial charge in [-0.2, -0.15) is 0 Å².